The van der Waals surface area contributed by atoms with Crippen LogP contribution in [0.25, 0.3) is 22.3 Å². The number of aromatic nitrogens is 2. The smallest absolute Gasteiger partial charge is 0.343 e. The molecule has 0 fully saturated rings. The molecule has 21 heteroatoms. The van der Waals surface area contributed by atoms with Gasteiger partial charge in [0.25, 0.3) is 17.4 Å². The molecule has 8 rings (SSSR count). The Hall–Kier alpha value is -7.78. The van der Waals surface area contributed by atoms with Crippen molar-refractivity contribution in [2.75, 3.05) is 26.2 Å². The zero-order valence-corrected chi connectivity index (χ0v) is 43.8. The maximum atomic E-state index is 15.5. The van der Waals surface area contributed by atoms with E-state index in [2.05, 4.69) is 21.3 Å². The Labute approximate surface area is 449 Å². The summed E-state index contributed by atoms with van der Waals surface area (Å²) in [6.45, 7) is 2.72. The SMILES string of the molecule is CC[C@@]1(O)C(=O)OCc2c1cc1n(c2=O)Cc2c-1nc1cc(F)c(C)c3c1c2[C@@H](NC(=O)CNC(=O)[C@@H](CC(=O)CNC(=O)CCC(=O)[C@H](CCCCN)NC(=O)CCCCCN1C(=O)C=CC1=O)Cc1ccccc1)CC3. The molecule has 412 valence electrons. The molecule has 2 aromatic carbocycles. The highest BCUT2D eigenvalue weighted by Gasteiger charge is 2.46. The number of ketones is 2. The average molecular weight is 1070 g/mol. The van der Waals surface area contributed by atoms with Crippen molar-refractivity contribution in [2.45, 2.75) is 135 Å². The van der Waals surface area contributed by atoms with Crippen molar-refractivity contribution in [2.24, 2.45) is 11.7 Å². The van der Waals surface area contributed by atoms with Gasteiger partial charge < -0.3 is 41.4 Å². The molecule has 6 amide bonds. The number of nitrogens with two attached hydrogens (primary N) is 1. The number of fused-ring (bicyclic) bond motifs is 5. The highest BCUT2D eigenvalue weighted by Crippen LogP contribution is 2.46. The van der Waals surface area contributed by atoms with Crippen LogP contribution < -0.4 is 32.6 Å². The zero-order chi connectivity index (χ0) is 55.8. The molecule has 78 heavy (non-hydrogen) atoms. The number of ether oxygens (including phenoxy) is 1. The molecule has 7 N–H and O–H groups in total. The monoisotopic (exact) mass is 1070 g/mol. The van der Waals surface area contributed by atoms with Gasteiger partial charge in [-0.3, -0.25) is 48.1 Å². The third-order valence-electron chi connectivity index (χ3n) is 15.2. The summed E-state index contributed by atoms with van der Waals surface area (Å²) in [6.07, 6.45) is 5.67. The number of Topliss-reactive ketones (excluding diaryl/α,β-unsaturated/α-hetero) is 2. The van der Waals surface area contributed by atoms with Crippen LogP contribution in [-0.2, 0) is 79.5 Å². The van der Waals surface area contributed by atoms with Crippen LogP contribution in [0.15, 0.2) is 59.4 Å². The third-order valence-corrected chi connectivity index (χ3v) is 15.2. The first-order valence-electron chi connectivity index (χ1n) is 26.7. The number of unbranched alkanes of at least 4 members (excludes halogenated alkanes) is 3. The number of imide groups is 1. The van der Waals surface area contributed by atoms with E-state index in [0.717, 1.165) is 10.5 Å². The normalized spacial score (nSPS) is 17.7. The number of benzene rings is 2. The molecule has 1 aliphatic carbocycles. The van der Waals surface area contributed by atoms with Gasteiger partial charge in [-0.05, 0) is 99.6 Å². The second-order valence-corrected chi connectivity index (χ2v) is 20.4. The molecule has 0 radical (unpaired) electrons. The average Bonchev–Trinajstić information content (AvgIpc) is 4.12. The molecule has 4 aromatic rings. The minimum atomic E-state index is -2.06. The van der Waals surface area contributed by atoms with Crippen molar-refractivity contribution in [1.82, 2.24) is 35.7 Å². The Morgan fingerprint density at radius 1 is 0.885 bits per heavy atom. The number of aryl methyl sites for hydroxylation is 1. The summed E-state index contributed by atoms with van der Waals surface area (Å²) in [7, 11) is 0. The van der Waals surface area contributed by atoms with Crippen LogP contribution in [-0.4, -0.2) is 105 Å². The summed E-state index contributed by atoms with van der Waals surface area (Å²) < 4.78 is 22.2. The number of carbonyl (C=O) groups is 9. The molecule has 4 aliphatic rings. The van der Waals surface area contributed by atoms with Gasteiger partial charge in [0.1, 0.15) is 12.4 Å². The Bertz CT molecular complexity index is 3160. The fraction of sp³-hybridized carbons (Fsp3) is 0.456. The Kier molecular flexibility index (Phi) is 17.9. The number of esters is 1. The number of pyridine rings is 2. The van der Waals surface area contributed by atoms with E-state index in [1.54, 1.807) is 50.2 Å². The van der Waals surface area contributed by atoms with E-state index in [0.29, 0.717) is 102 Å². The molecular weight excluding hydrogens is 1010 g/mol. The first-order chi connectivity index (χ1) is 37.4. The van der Waals surface area contributed by atoms with E-state index >= 15 is 4.39 Å². The Morgan fingerprint density at radius 3 is 2.37 bits per heavy atom. The lowest BCUT2D eigenvalue weighted by Gasteiger charge is -2.31. The zero-order valence-electron chi connectivity index (χ0n) is 43.8. The van der Waals surface area contributed by atoms with Gasteiger partial charge in [-0.1, -0.05) is 43.7 Å². The third kappa shape index (κ3) is 12.3. The molecule has 0 unspecified atom stereocenters. The number of aliphatic hydroxyl groups is 1. The van der Waals surface area contributed by atoms with Crippen LogP contribution in [0.2, 0.25) is 0 Å². The predicted molar refractivity (Wildman–Crippen MR) is 281 cm³/mol. The summed E-state index contributed by atoms with van der Waals surface area (Å²) in [5.74, 6) is -5.93. The minimum absolute atomic E-state index is 0.0362. The Morgan fingerprint density at radius 2 is 1.64 bits per heavy atom. The highest BCUT2D eigenvalue weighted by atomic mass is 19.1. The molecule has 0 saturated heterocycles. The predicted octanol–water partition coefficient (Wildman–Crippen LogP) is 3.13. The van der Waals surface area contributed by atoms with E-state index in [-0.39, 0.29) is 92.9 Å². The summed E-state index contributed by atoms with van der Waals surface area (Å²) in [5, 5.41) is 23.1. The maximum Gasteiger partial charge on any atom is 0.343 e. The topological polar surface area (TPSA) is 295 Å². The van der Waals surface area contributed by atoms with Crippen molar-refractivity contribution >= 4 is 63.9 Å². The first kappa shape index (κ1) is 56.4. The molecule has 4 atom stereocenters. The molecule has 0 spiro atoms. The molecule has 0 bridgehead atoms. The number of nitrogens with one attached hydrogen (secondary N) is 4. The highest BCUT2D eigenvalue weighted by molar-refractivity contribution is 6.12. The number of hydrogen-bond acceptors (Lipinski definition) is 14. The quantitative estimate of drug-likeness (QED) is 0.0264. The summed E-state index contributed by atoms with van der Waals surface area (Å²) >= 11 is 0. The molecule has 5 heterocycles. The van der Waals surface area contributed by atoms with Crippen molar-refractivity contribution in [3.63, 3.8) is 0 Å². The van der Waals surface area contributed by atoms with Crippen LogP contribution in [0.1, 0.15) is 129 Å². The molecule has 20 nitrogen and oxygen atoms in total. The fourth-order valence-electron chi connectivity index (χ4n) is 10.9. The first-order valence-corrected chi connectivity index (χ1v) is 26.7. The maximum absolute atomic E-state index is 15.5. The van der Waals surface area contributed by atoms with Crippen LogP contribution in [0, 0.1) is 18.7 Å². The van der Waals surface area contributed by atoms with Gasteiger partial charge in [0.15, 0.2) is 17.2 Å². The van der Waals surface area contributed by atoms with Gasteiger partial charge in [0, 0.05) is 72.9 Å². The fourth-order valence-corrected chi connectivity index (χ4v) is 10.9. The van der Waals surface area contributed by atoms with E-state index in [1.165, 1.54) is 22.8 Å². The standard InChI is InChI=1S/C57H65FN8O12/c1-3-57(77)39-26-44-53-37(30-66(44)55(75)38(39)31-78-56(57)76)52-42(17-16-36-32(2)40(58)27-43(64-53)51(36)52)63-48(71)29-61-54(74)34(24-33-12-6-4-7-13-33)25-35(67)28-60-46(69)19-18-45(68)41(14-9-10-22-59)62-47(70)15-8-5-11-23-65-49(72)20-21-50(65)73/h4,6-7,12-13,20-21,26-27,34,41-42,77H,3,5,8-11,14-19,22-25,28-31,59H2,1-2H3,(H,60,69)(H,61,74)(H,62,70)(H,63,71)/t34-,41+,42+,57+/m1/s1. The van der Waals surface area contributed by atoms with E-state index in [4.69, 9.17) is 15.5 Å². The van der Waals surface area contributed by atoms with Gasteiger partial charge in [0.2, 0.25) is 23.6 Å². The largest absolute Gasteiger partial charge is 0.458 e. The number of nitrogens with zero attached hydrogens (tertiary/aromatic N) is 3. The van der Waals surface area contributed by atoms with E-state index < -0.39 is 77.5 Å². The molecule has 2 aromatic heterocycles. The number of rotatable bonds is 26. The minimum Gasteiger partial charge on any atom is -0.458 e. The molecular formula is C57H65FN8O12. The lowest BCUT2D eigenvalue weighted by molar-refractivity contribution is -0.172. The van der Waals surface area contributed by atoms with Crippen molar-refractivity contribution in [3.05, 3.63) is 110 Å². The second kappa shape index (κ2) is 24.7. The number of carbonyl (C=O) groups excluding carboxylic acids is 9. The van der Waals surface area contributed by atoms with E-state index in [9.17, 15) is 53.1 Å². The summed E-state index contributed by atoms with van der Waals surface area (Å²) in [6, 6.07) is 10.3. The van der Waals surface area contributed by atoms with Crippen molar-refractivity contribution < 1.29 is 57.4 Å². The summed E-state index contributed by atoms with van der Waals surface area (Å²) in [5.41, 5.74) is 7.47. The molecule has 0 saturated carbocycles. The van der Waals surface area contributed by atoms with Crippen molar-refractivity contribution in [1.29, 1.82) is 0 Å². The van der Waals surface area contributed by atoms with Gasteiger partial charge in [-0.25, -0.2) is 14.2 Å². The van der Waals surface area contributed by atoms with Crippen LogP contribution >= 0.6 is 0 Å². The number of amides is 6. The number of halogens is 1. The van der Waals surface area contributed by atoms with Gasteiger partial charge in [0.05, 0.1) is 54.2 Å². The summed E-state index contributed by atoms with van der Waals surface area (Å²) in [4.78, 5) is 137. The van der Waals surface area contributed by atoms with Gasteiger partial charge in [-0.2, -0.15) is 0 Å². The number of cyclic esters (lactones) is 1. The number of hydrogen-bond donors (Lipinski definition) is 6. The molecule has 3 aliphatic heterocycles. The Balaban J connectivity index is 0.874. The van der Waals surface area contributed by atoms with Crippen LogP contribution in [0.5, 0.6) is 0 Å². The van der Waals surface area contributed by atoms with Gasteiger partial charge >= 0.3 is 5.97 Å². The van der Waals surface area contributed by atoms with E-state index in [1.807, 2.05) is 0 Å². The lowest BCUT2D eigenvalue weighted by Crippen LogP contribution is -2.44. The van der Waals surface area contributed by atoms with Crippen LogP contribution in [0.4, 0.5) is 4.39 Å². The van der Waals surface area contributed by atoms with Gasteiger partial charge in [-0.15, -0.1) is 0 Å². The lowest BCUT2D eigenvalue weighted by atomic mass is 9.81. The van der Waals surface area contributed by atoms with Crippen LogP contribution in [0.3, 0.4) is 0 Å². The second-order valence-electron chi connectivity index (χ2n) is 20.4. The van der Waals surface area contributed by atoms with Crippen molar-refractivity contribution in [3.8, 4) is 11.4 Å².